The maximum atomic E-state index is 12.1. The van der Waals surface area contributed by atoms with Crippen molar-refractivity contribution in [2.24, 2.45) is 0 Å². The van der Waals surface area contributed by atoms with E-state index in [1.165, 1.54) is 0 Å². The predicted molar refractivity (Wildman–Crippen MR) is 79.4 cm³/mol. The Kier molecular flexibility index (Phi) is 4.54. The van der Waals surface area contributed by atoms with Gasteiger partial charge in [-0.25, -0.2) is 4.79 Å². The predicted octanol–water partition coefficient (Wildman–Crippen LogP) is 2.80. The quantitative estimate of drug-likeness (QED) is 0.886. The zero-order valence-corrected chi connectivity index (χ0v) is 12.4. The molecule has 2 aromatic rings. The lowest BCUT2D eigenvalue weighted by Crippen LogP contribution is -2.13. The second-order valence-electron chi connectivity index (χ2n) is 4.19. The van der Waals surface area contributed by atoms with E-state index >= 15 is 0 Å². The number of hydrogen-bond donors (Lipinski definition) is 2. The summed E-state index contributed by atoms with van der Waals surface area (Å²) in [5.74, 6) is -0.818. The number of hydrogen-bond acceptors (Lipinski definition) is 5. The largest absolute Gasteiger partial charge is 0.494 e. The van der Waals surface area contributed by atoms with Crippen molar-refractivity contribution in [1.29, 1.82) is 0 Å². The molecule has 1 aromatic heterocycles. The summed E-state index contributed by atoms with van der Waals surface area (Å²) in [6, 6.07) is 6.62. The van der Waals surface area contributed by atoms with Gasteiger partial charge in [0, 0.05) is 5.56 Å². The van der Waals surface area contributed by atoms with E-state index in [1.807, 2.05) is 6.92 Å². The lowest BCUT2D eigenvalue weighted by molar-refractivity contribution is 0.0697. The van der Waals surface area contributed by atoms with E-state index < -0.39 is 5.97 Å². The number of carbonyl (C=O) groups excluding carboxylic acids is 1. The molecule has 0 saturated carbocycles. The monoisotopic (exact) mass is 306 g/mol. The number of anilines is 1. The maximum Gasteiger partial charge on any atom is 0.340 e. The molecule has 1 aromatic carbocycles. The van der Waals surface area contributed by atoms with E-state index in [0.717, 1.165) is 11.5 Å². The summed E-state index contributed by atoms with van der Waals surface area (Å²) in [6.45, 7) is 4.01. The third kappa shape index (κ3) is 3.38. The minimum absolute atomic E-state index is 0.0271. The molecule has 2 rings (SSSR count). The minimum atomic E-state index is -1.11. The van der Waals surface area contributed by atoms with Crippen LogP contribution < -0.4 is 10.1 Å². The molecule has 1 amide bonds. The molecule has 21 heavy (non-hydrogen) atoms. The van der Waals surface area contributed by atoms with Crippen LogP contribution in [0.5, 0.6) is 5.75 Å². The summed E-state index contributed by atoms with van der Waals surface area (Å²) in [5, 5.41) is 11.9. The van der Waals surface area contributed by atoms with Gasteiger partial charge in [-0.1, -0.05) is 0 Å². The lowest BCUT2D eigenvalue weighted by atomic mass is 10.2. The first-order chi connectivity index (χ1) is 10.0. The summed E-state index contributed by atoms with van der Waals surface area (Å²) in [5.41, 5.74) is 0.828. The summed E-state index contributed by atoms with van der Waals surface area (Å²) in [7, 11) is 0. The summed E-state index contributed by atoms with van der Waals surface area (Å²) in [4.78, 5) is 23.2. The van der Waals surface area contributed by atoms with E-state index in [-0.39, 0.29) is 16.5 Å². The Morgan fingerprint density at radius 3 is 2.57 bits per heavy atom. The van der Waals surface area contributed by atoms with Crippen LogP contribution in [0.3, 0.4) is 0 Å². The van der Waals surface area contributed by atoms with Crippen LogP contribution in [0.25, 0.3) is 0 Å². The van der Waals surface area contributed by atoms with Gasteiger partial charge in [0.05, 0.1) is 12.3 Å². The van der Waals surface area contributed by atoms with Crippen LogP contribution in [0.4, 0.5) is 5.00 Å². The minimum Gasteiger partial charge on any atom is -0.494 e. The summed E-state index contributed by atoms with van der Waals surface area (Å²) in [6.07, 6.45) is 0. The molecule has 0 aliphatic rings. The molecule has 7 heteroatoms. The Hall–Kier alpha value is -2.41. The highest BCUT2D eigenvalue weighted by Gasteiger charge is 2.19. The van der Waals surface area contributed by atoms with Crippen LogP contribution in [-0.2, 0) is 0 Å². The van der Waals surface area contributed by atoms with E-state index in [9.17, 15) is 9.59 Å². The Labute approximate surface area is 125 Å². The molecule has 2 N–H and O–H groups in total. The number of aryl methyl sites for hydroxylation is 1. The number of carbonyl (C=O) groups is 2. The van der Waals surface area contributed by atoms with Gasteiger partial charge in [0.25, 0.3) is 5.91 Å². The van der Waals surface area contributed by atoms with Crippen molar-refractivity contribution in [3.05, 3.63) is 41.1 Å². The van der Waals surface area contributed by atoms with Gasteiger partial charge in [-0.3, -0.25) is 4.79 Å². The Balaban J connectivity index is 2.16. The van der Waals surface area contributed by atoms with Crippen molar-refractivity contribution in [3.8, 4) is 5.75 Å². The van der Waals surface area contributed by atoms with Gasteiger partial charge in [-0.2, -0.15) is 4.37 Å². The molecule has 0 atom stereocenters. The zero-order chi connectivity index (χ0) is 15.4. The lowest BCUT2D eigenvalue weighted by Gasteiger charge is -2.06. The molecule has 0 radical (unpaired) electrons. The van der Waals surface area contributed by atoms with Gasteiger partial charge in [-0.15, -0.1) is 0 Å². The Bertz CT molecular complexity index is 664. The van der Waals surface area contributed by atoms with Crippen molar-refractivity contribution in [2.75, 3.05) is 11.9 Å². The van der Waals surface area contributed by atoms with Gasteiger partial charge in [0.15, 0.2) is 0 Å². The molecule has 110 valence electrons. The molecule has 0 aliphatic carbocycles. The SMILES string of the molecule is CCOc1ccc(C(=O)Nc2snc(C)c2C(=O)O)cc1. The number of benzene rings is 1. The fraction of sp³-hybridized carbons (Fsp3) is 0.214. The highest BCUT2D eigenvalue weighted by atomic mass is 32.1. The van der Waals surface area contributed by atoms with Crippen molar-refractivity contribution in [3.63, 3.8) is 0 Å². The van der Waals surface area contributed by atoms with Gasteiger partial charge in [0.2, 0.25) is 0 Å². The highest BCUT2D eigenvalue weighted by molar-refractivity contribution is 7.11. The first kappa shape index (κ1) is 15.0. The third-order valence-electron chi connectivity index (χ3n) is 2.73. The first-order valence-electron chi connectivity index (χ1n) is 6.26. The number of aromatic nitrogens is 1. The van der Waals surface area contributed by atoms with E-state index in [2.05, 4.69) is 9.69 Å². The number of nitrogens with one attached hydrogen (secondary N) is 1. The summed E-state index contributed by atoms with van der Waals surface area (Å²) >= 11 is 0.951. The number of ether oxygens (including phenoxy) is 1. The van der Waals surface area contributed by atoms with E-state index in [0.29, 0.717) is 23.6 Å². The van der Waals surface area contributed by atoms with Crippen molar-refractivity contribution in [1.82, 2.24) is 4.37 Å². The molecule has 0 fully saturated rings. The molecule has 0 aliphatic heterocycles. The normalized spacial score (nSPS) is 10.2. The average Bonchev–Trinajstić information content (AvgIpc) is 2.81. The van der Waals surface area contributed by atoms with Gasteiger partial charge in [-0.05, 0) is 49.6 Å². The third-order valence-corrected chi connectivity index (χ3v) is 3.59. The number of aromatic carboxylic acids is 1. The second-order valence-corrected chi connectivity index (χ2v) is 4.96. The van der Waals surface area contributed by atoms with Crippen molar-refractivity contribution in [2.45, 2.75) is 13.8 Å². The Morgan fingerprint density at radius 2 is 2.00 bits per heavy atom. The van der Waals surface area contributed by atoms with Crippen LogP contribution in [-0.4, -0.2) is 28.0 Å². The molecule has 0 saturated heterocycles. The maximum absolute atomic E-state index is 12.1. The van der Waals surface area contributed by atoms with Crippen molar-refractivity contribution < 1.29 is 19.4 Å². The fourth-order valence-corrected chi connectivity index (χ4v) is 2.54. The number of amides is 1. The van der Waals surface area contributed by atoms with Crippen LogP contribution in [0.1, 0.15) is 33.3 Å². The van der Waals surface area contributed by atoms with E-state index in [1.54, 1.807) is 31.2 Å². The van der Waals surface area contributed by atoms with Gasteiger partial charge < -0.3 is 15.2 Å². The summed E-state index contributed by atoms with van der Waals surface area (Å²) < 4.78 is 9.24. The molecule has 0 bridgehead atoms. The molecule has 0 unspecified atom stereocenters. The van der Waals surface area contributed by atoms with Gasteiger partial charge >= 0.3 is 5.97 Å². The Morgan fingerprint density at radius 1 is 1.33 bits per heavy atom. The van der Waals surface area contributed by atoms with E-state index in [4.69, 9.17) is 9.84 Å². The smallest absolute Gasteiger partial charge is 0.340 e. The first-order valence-corrected chi connectivity index (χ1v) is 7.04. The number of carboxylic acids is 1. The number of nitrogens with zero attached hydrogens (tertiary/aromatic N) is 1. The van der Waals surface area contributed by atoms with Crippen LogP contribution >= 0.6 is 11.5 Å². The molecule has 1 heterocycles. The highest BCUT2D eigenvalue weighted by Crippen LogP contribution is 2.25. The topological polar surface area (TPSA) is 88.5 Å². The molecule has 6 nitrogen and oxygen atoms in total. The number of carboxylic acid groups (broad SMARTS) is 1. The molecular formula is C14H14N2O4S. The zero-order valence-electron chi connectivity index (χ0n) is 11.5. The van der Waals surface area contributed by atoms with Crippen LogP contribution in [0.15, 0.2) is 24.3 Å². The van der Waals surface area contributed by atoms with Crippen molar-refractivity contribution >= 4 is 28.4 Å². The standard InChI is InChI=1S/C14H14N2O4S/c1-3-20-10-6-4-9(5-7-10)12(17)15-13-11(14(18)19)8(2)16-21-13/h4-7H,3H2,1-2H3,(H,15,17)(H,18,19). The molecule has 0 spiro atoms. The fourth-order valence-electron chi connectivity index (χ4n) is 1.75. The number of rotatable bonds is 5. The average molecular weight is 306 g/mol. The van der Waals surface area contributed by atoms with Crippen LogP contribution in [0.2, 0.25) is 0 Å². The second kappa shape index (κ2) is 6.36. The van der Waals surface area contributed by atoms with Crippen LogP contribution in [0, 0.1) is 6.92 Å². The van der Waals surface area contributed by atoms with Gasteiger partial charge in [0.1, 0.15) is 16.3 Å². The molecular weight excluding hydrogens is 292 g/mol.